The maximum absolute atomic E-state index is 12.6. The predicted molar refractivity (Wildman–Crippen MR) is 102 cm³/mol. The van der Waals surface area contributed by atoms with Gasteiger partial charge in [0, 0.05) is 11.9 Å². The zero-order chi connectivity index (χ0) is 19.9. The van der Waals surface area contributed by atoms with Crippen molar-refractivity contribution in [2.75, 3.05) is 5.32 Å². The number of carbonyl (C=O) groups is 2. The Morgan fingerprint density at radius 2 is 1.82 bits per heavy atom. The number of nitrogens with one attached hydrogen (secondary N) is 3. The molecule has 0 saturated heterocycles. The molecular formula is C18H21N5O4S. The molecule has 0 radical (unpaired) electrons. The molecule has 1 aromatic carbocycles. The van der Waals surface area contributed by atoms with Crippen LogP contribution in [0.4, 0.5) is 10.5 Å². The highest BCUT2D eigenvalue weighted by Gasteiger charge is 2.26. The summed E-state index contributed by atoms with van der Waals surface area (Å²) in [6, 6.07) is 1.54. The SMILES string of the molecule is N=S(=O)(NC(=O)Nc1c2c(cc3c1CCC3)CCC2)c1cnn(CC(=O)O)c1. The van der Waals surface area contributed by atoms with Gasteiger partial charge in [0.2, 0.25) is 0 Å². The predicted octanol–water partition coefficient (Wildman–Crippen LogP) is 2.09. The van der Waals surface area contributed by atoms with E-state index in [0.29, 0.717) is 0 Å². The largest absolute Gasteiger partial charge is 0.480 e. The molecule has 10 heteroatoms. The second-order valence-corrected chi connectivity index (χ2v) is 8.90. The number of carboxylic acids is 1. The highest BCUT2D eigenvalue weighted by Crippen LogP contribution is 2.38. The molecule has 1 aromatic heterocycles. The molecule has 0 bridgehead atoms. The number of aryl methyl sites for hydroxylation is 2. The average Bonchev–Trinajstić information content (AvgIpc) is 3.32. The van der Waals surface area contributed by atoms with Crippen LogP contribution >= 0.6 is 0 Å². The van der Waals surface area contributed by atoms with Gasteiger partial charge in [0.1, 0.15) is 11.4 Å². The Balaban J connectivity index is 1.54. The third-order valence-corrected chi connectivity index (χ3v) is 6.53. The normalized spacial score (nSPS) is 16.9. The minimum Gasteiger partial charge on any atom is -0.480 e. The number of hydrogen-bond donors (Lipinski definition) is 4. The average molecular weight is 403 g/mol. The number of aromatic nitrogens is 2. The van der Waals surface area contributed by atoms with E-state index in [1.54, 1.807) is 0 Å². The molecule has 2 aliphatic rings. The summed E-state index contributed by atoms with van der Waals surface area (Å²) in [5.41, 5.74) is 5.61. The number of hydrogen-bond acceptors (Lipinski definition) is 5. The van der Waals surface area contributed by atoms with E-state index >= 15 is 0 Å². The number of fused-ring (bicyclic) bond motifs is 2. The van der Waals surface area contributed by atoms with Crippen LogP contribution in [0.25, 0.3) is 0 Å². The van der Waals surface area contributed by atoms with Gasteiger partial charge in [-0.15, -0.1) is 0 Å². The number of benzene rings is 1. The maximum Gasteiger partial charge on any atom is 0.331 e. The molecule has 1 heterocycles. The highest BCUT2D eigenvalue weighted by atomic mass is 32.2. The van der Waals surface area contributed by atoms with E-state index in [0.717, 1.165) is 66.2 Å². The van der Waals surface area contributed by atoms with E-state index in [9.17, 15) is 13.8 Å². The summed E-state index contributed by atoms with van der Waals surface area (Å²) in [5.74, 6) is -1.11. The van der Waals surface area contributed by atoms with Gasteiger partial charge in [0.25, 0.3) is 0 Å². The first kappa shape index (κ1) is 18.5. The van der Waals surface area contributed by atoms with Gasteiger partial charge in [-0.2, -0.15) is 5.10 Å². The highest BCUT2D eigenvalue weighted by molar-refractivity contribution is 7.91. The maximum atomic E-state index is 12.6. The van der Waals surface area contributed by atoms with E-state index in [1.165, 1.54) is 17.3 Å². The summed E-state index contributed by atoms with van der Waals surface area (Å²) in [4.78, 5) is 23.2. The van der Waals surface area contributed by atoms with Crippen LogP contribution in [-0.2, 0) is 46.9 Å². The molecule has 0 aliphatic heterocycles. The van der Waals surface area contributed by atoms with Gasteiger partial charge in [-0.25, -0.2) is 18.5 Å². The van der Waals surface area contributed by atoms with E-state index in [1.807, 2.05) is 0 Å². The number of amides is 2. The van der Waals surface area contributed by atoms with Crippen LogP contribution in [0.3, 0.4) is 0 Å². The first-order chi connectivity index (χ1) is 13.3. The van der Waals surface area contributed by atoms with E-state index in [-0.39, 0.29) is 4.90 Å². The van der Waals surface area contributed by atoms with E-state index in [2.05, 4.69) is 21.2 Å². The Morgan fingerprint density at radius 1 is 1.18 bits per heavy atom. The fourth-order valence-electron chi connectivity index (χ4n) is 4.01. The number of carboxylic acid groups (broad SMARTS) is 1. The van der Waals surface area contributed by atoms with Crippen molar-refractivity contribution >= 4 is 27.6 Å². The zero-order valence-electron chi connectivity index (χ0n) is 15.2. The second-order valence-electron chi connectivity index (χ2n) is 7.11. The van der Waals surface area contributed by atoms with Crippen LogP contribution in [0.5, 0.6) is 0 Å². The van der Waals surface area contributed by atoms with E-state index < -0.39 is 28.5 Å². The van der Waals surface area contributed by atoms with Crippen molar-refractivity contribution in [2.24, 2.45) is 0 Å². The Bertz CT molecular complexity index is 1040. The molecular weight excluding hydrogens is 382 g/mol. The van der Waals surface area contributed by atoms with Crippen molar-refractivity contribution in [1.29, 1.82) is 4.78 Å². The smallest absolute Gasteiger partial charge is 0.331 e. The molecule has 148 valence electrons. The molecule has 2 amide bonds. The van der Waals surface area contributed by atoms with Gasteiger partial charge in [0.05, 0.1) is 6.20 Å². The standard InChI is InChI=1S/C18H21N5O4S/c19-28(27,13-8-20-23(9-13)10-16(24)25)22-18(26)21-17-14-5-1-3-11(14)7-12-4-2-6-15(12)17/h7-9H,1-6,10H2,(H,24,25)(H3,19,21,22,26,27). The molecule has 4 N–H and O–H groups in total. The molecule has 2 aromatic rings. The Labute approximate surface area is 162 Å². The van der Waals surface area contributed by atoms with Gasteiger partial charge in [-0.05, 0) is 60.8 Å². The molecule has 0 fully saturated rings. The monoisotopic (exact) mass is 403 g/mol. The molecule has 9 nitrogen and oxygen atoms in total. The van der Waals surface area contributed by atoms with Gasteiger partial charge < -0.3 is 10.4 Å². The summed E-state index contributed by atoms with van der Waals surface area (Å²) in [7, 11) is -3.66. The van der Waals surface area contributed by atoms with Crippen LogP contribution in [0.15, 0.2) is 23.4 Å². The number of aliphatic carboxylic acids is 1. The van der Waals surface area contributed by atoms with Gasteiger partial charge in [0.15, 0.2) is 9.92 Å². The van der Waals surface area contributed by atoms with Crippen LogP contribution in [0.2, 0.25) is 0 Å². The Hall–Kier alpha value is -2.88. The number of anilines is 1. The lowest BCUT2D eigenvalue weighted by Gasteiger charge is -2.17. The topological polar surface area (TPSA) is 137 Å². The van der Waals surface area contributed by atoms with E-state index in [4.69, 9.17) is 9.89 Å². The van der Waals surface area contributed by atoms with Crippen LogP contribution in [0, 0.1) is 4.78 Å². The Kier molecular flexibility index (Phi) is 4.58. The van der Waals surface area contributed by atoms with Crippen LogP contribution in [0.1, 0.15) is 35.1 Å². The third-order valence-electron chi connectivity index (χ3n) is 5.19. The third kappa shape index (κ3) is 3.47. The lowest BCUT2D eigenvalue weighted by Crippen LogP contribution is -2.34. The van der Waals surface area contributed by atoms with Crippen molar-refractivity contribution in [3.8, 4) is 0 Å². The van der Waals surface area contributed by atoms with Gasteiger partial charge in [-0.1, -0.05) is 6.07 Å². The minimum absolute atomic E-state index is 0.0487. The first-order valence-corrected chi connectivity index (χ1v) is 10.7. The summed E-state index contributed by atoms with van der Waals surface area (Å²) in [5, 5.41) is 15.4. The molecule has 4 rings (SSSR count). The number of urea groups is 1. The van der Waals surface area contributed by atoms with Gasteiger partial charge in [-0.3, -0.25) is 9.48 Å². The summed E-state index contributed by atoms with van der Waals surface area (Å²) >= 11 is 0. The lowest BCUT2D eigenvalue weighted by atomic mass is 9.99. The lowest BCUT2D eigenvalue weighted by molar-refractivity contribution is -0.137. The second kappa shape index (κ2) is 6.93. The Morgan fingerprint density at radius 3 is 2.43 bits per heavy atom. The molecule has 0 saturated carbocycles. The minimum atomic E-state index is -3.66. The van der Waals surface area contributed by atoms with Crippen molar-refractivity contribution in [3.63, 3.8) is 0 Å². The number of carbonyl (C=O) groups excluding carboxylic acids is 1. The van der Waals surface area contributed by atoms with Crippen molar-refractivity contribution in [2.45, 2.75) is 50.0 Å². The molecule has 0 spiro atoms. The zero-order valence-corrected chi connectivity index (χ0v) is 16.0. The summed E-state index contributed by atoms with van der Waals surface area (Å²) < 4.78 is 23.9. The number of rotatable bonds is 5. The van der Waals surface area contributed by atoms with Crippen molar-refractivity contribution < 1.29 is 18.9 Å². The summed E-state index contributed by atoms with van der Waals surface area (Å²) in [6.07, 6.45) is 8.22. The van der Waals surface area contributed by atoms with Gasteiger partial charge >= 0.3 is 12.0 Å². The van der Waals surface area contributed by atoms with Crippen LogP contribution in [-0.4, -0.2) is 31.1 Å². The van der Waals surface area contributed by atoms with Crippen LogP contribution < -0.4 is 10.0 Å². The first-order valence-electron chi connectivity index (χ1n) is 9.12. The fraction of sp³-hybridized carbons (Fsp3) is 0.389. The molecule has 1 unspecified atom stereocenters. The molecule has 2 aliphatic carbocycles. The number of nitrogens with zero attached hydrogens (tertiary/aromatic N) is 2. The van der Waals surface area contributed by atoms with Crippen molar-refractivity contribution in [1.82, 2.24) is 14.5 Å². The molecule has 28 heavy (non-hydrogen) atoms. The fourth-order valence-corrected chi connectivity index (χ4v) is 4.91. The molecule has 1 atom stereocenters. The quantitative estimate of drug-likeness (QED) is 0.606. The van der Waals surface area contributed by atoms with Crippen molar-refractivity contribution in [3.05, 3.63) is 40.7 Å². The summed E-state index contributed by atoms with van der Waals surface area (Å²) in [6.45, 7) is -0.413.